The zero-order valence-corrected chi connectivity index (χ0v) is 11.9. The molecule has 3 aromatic rings. The van der Waals surface area contributed by atoms with Gasteiger partial charge in [-0.15, -0.1) is 0 Å². The Morgan fingerprint density at radius 3 is 2.90 bits per heavy atom. The zero-order valence-electron chi connectivity index (χ0n) is 11.9. The molecule has 0 aliphatic rings. The molecule has 0 spiro atoms. The molecule has 0 radical (unpaired) electrons. The molecule has 3 rings (SSSR count). The van der Waals surface area contributed by atoms with Crippen molar-refractivity contribution in [2.24, 2.45) is 0 Å². The van der Waals surface area contributed by atoms with Crippen LogP contribution in [0.15, 0.2) is 53.7 Å². The second kappa shape index (κ2) is 5.93. The molecule has 0 bridgehead atoms. The number of benzene rings is 1. The summed E-state index contributed by atoms with van der Waals surface area (Å²) in [5, 5.41) is 1.06. The number of methoxy groups -OCH3 is 1. The predicted octanol–water partition coefficient (Wildman–Crippen LogP) is 1.89. The summed E-state index contributed by atoms with van der Waals surface area (Å²) in [6.45, 7) is 1.85. The summed E-state index contributed by atoms with van der Waals surface area (Å²) >= 11 is 0. The molecule has 1 aromatic carbocycles. The lowest BCUT2D eigenvalue weighted by Gasteiger charge is -2.12. The molecule has 108 valence electrons. The third-order valence-electron chi connectivity index (χ3n) is 3.55. The van der Waals surface area contributed by atoms with Gasteiger partial charge in [0.1, 0.15) is 0 Å². The Labute approximate surface area is 122 Å². The van der Waals surface area contributed by atoms with E-state index in [-0.39, 0.29) is 5.56 Å². The van der Waals surface area contributed by atoms with Crippen molar-refractivity contribution in [1.29, 1.82) is 0 Å². The molecule has 0 saturated carbocycles. The smallest absolute Gasteiger partial charge is 0.251 e. The van der Waals surface area contributed by atoms with Crippen molar-refractivity contribution in [3.05, 3.63) is 65.0 Å². The lowest BCUT2D eigenvalue weighted by atomic mass is 10.2. The third-order valence-corrected chi connectivity index (χ3v) is 3.55. The fraction of sp³-hybridized carbons (Fsp3) is 0.250. The van der Waals surface area contributed by atoms with Crippen molar-refractivity contribution in [3.63, 3.8) is 0 Å². The van der Waals surface area contributed by atoms with Crippen molar-refractivity contribution in [3.8, 4) is 0 Å². The average molecular weight is 283 g/mol. The SMILES string of the molecule is COCCn1cncc1Cn1c(=O)ccc2ccccc21. The normalized spacial score (nSPS) is 11.1. The van der Waals surface area contributed by atoms with Crippen LogP contribution < -0.4 is 5.56 Å². The maximum Gasteiger partial charge on any atom is 0.251 e. The quantitative estimate of drug-likeness (QED) is 0.718. The van der Waals surface area contributed by atoms with E-state index < -0.39 is 0 Å². The van der Waals surface area contributed by atoms with Crippen molar-refractivity contribution < 1.29 is 4.74 Å². The van der Waals surface area contributed by atoms with Crippen molar-refractivity contribution >= 4 is 10.9 Å². The molecule has 0 saturated heterocycles. The van der Waals surface area contributed by atoms with E-state index in [1.807, 2.05) is 34.9 Å². The molecule has 0 atom stereocenters. The summed E-state index contributed by atoms with van der Waals surface area (Å²) in [4.78, 5) is 16.4. The van der Waals surface area contributed by atoms with Crippen LogP contribution in [-0.2, 0) is 17.8 Å². The number of hydrogen-bond donors (Lipinski definition) is 0. The molecule has 5 heteroatoms. The molecule has 0 N–H and O–H groups in total. The Balaban J connectivity index is 2.00. The fourth-order valence-electron chi connectivity index (χ4n) is 2.44. The lowest BCUT2D eigenvalue weighted by molar-refractivity contribution is 0.186. The number of pyridine rings is 1. The van der Waals surface area contributed by atoms with Crippen molar-refractivity contribution in [2.45, 2.75) is 13.1 Å². The summed E-state index contributed by atoms with van der Waals surface area (Å²) in [6, 6.07) is 11.4. The average Bonchev–Trinajstić information content (AvgIpc) is 2.95. The predicted molar refractivity (Wildman–Crippen MR) is 81.4 cm³/mol. The van der Waals surface area contributed by atoms with E-state index in [1.54, 1.807) is 30.3 Å². The largest absolute Gasteiger partial charge is 0.383 e. The van der Waals surface area contributed by atoms with Crippen LogP contribution in [0.1, 0.15) is 5.69 Å². The summed E-state index contributed by atoms with van der Waals surface area (Å²) < 4.78 is 8.88. The molecule has 5 nitrogen and oxygen atoms in total. The number of imidazole rings is 1. The molecule has 2 aromatic heterocycles. The van der Waals surface area contributed by atoms with E-state index in [2.05, 4.69) is 4.98 Å². The van der Waals surface area contributed by atoms with E-state index in [1.165, 1.54) is 0 Å². The van der Waals surface area contributed by atoms with Gasteiger partial charge in [0, 0.05) is 25.9 Å². The van der Waals surface area contributed by atoms with Crippen molar-refractivity contribution in [2.75, 3.05) is 13.7 Å². The first-order valence-corrected chi connectivity index (χ1v) is 6.86. The highest BCUT2D eigenvalue weighted by Gasteiger charge is 2.07. The van der Waals surface area contributed by atoms with E-state index >= 15 is 0 Å². The molecule has 21 heavy (non-hydrogen) atoms. The van der Waals surface area contributed by atoms with Gasteiger partial charge in [-0.05, 0) is 17.5 Å². The van der Waals surface area contributed by atoms with Crippen LogP contribution in [-0.4, -0.2) is 27.8 Å². The highest BCUT2D eigenvalue weighted by Crippen LogP contribution is 2.12. The van der Waals surface area contributed by atoms with Crippen LogP contribution in [0.3, 0.4) is 0 Å². The molecular weight excluding hydrogens is 266 g/mol. The first-order valence-electron chi connectivity index (χ1n) is 6.86. The zero-order chi connectivity index (χ0) is 14.7. The van der Waals surface area contributed by atoms with E-state index in [4.69, 9.17) is 4.74 Å². The highest BCUT2D eigenvalue weighted by molar-refractivity contribution is 5.78. The van der Waals surface area contributed by atoms with Crippen LogP contribution in [0, 0.1) is 0 Å². The van der Waals surface area contributed by atoms with E-state index in [9.17, 15) is 4.79 Å². The van der Waals surface area contributed by atoms with Crippen LogP contribution >= 0.6 is 0 Å². The van der Waals surface area contributed by atoms with Crippen LogP contribution in [0.5, 0.6) is 0 Å². The van der Waals surface area contributed by atoms with Gasteiger partial charge in [-0.2, -0.15) is 0 Å². The summed E-state index contributed by atoms with van der Waals surface area (Å²) in [6.07, 6.45) is 3.56. The van der Waals surface area contributed by atoms with Crippen LogP contribution in [0.25, 0.3) is 10.9 Å². The number of hydrogen-bond acceptors (Lipinski definition) is 3. The second-order valence-electron chi connectivity index (χ2n) is 4.89. The van der Waals surface area contributed by atoms with Gasteiger partial charge < -0.3 is 13.9 Å². The maximum absolute atomic E-state index is 12.2. The molecule has 0 unspecified atom stereocenters. The Morgan fingerprint density at radius 1 is 1.19 bits per heavy atom. The molecule has 2 heterocycles. The van der Waals surface area contributed by atoms with Gasteiger partial charge >= 0.3 is 0 Å². The fourth-order valence-corrected chi connectivity index (χ4v) is 2.44. The van der Waals surface area contributed by atoms with Gasteiger partial charge in [-0.1, -0.05) is 18.2 Å². The minimum absolute atomic E-state index is 0.00630. The number of rotatable bonds is 5. The summed E-state index contributed by atoms with van der Waals surface area (Å²) in [7, 11) is 1.67. The van der Waals surface area contributed by atoms with Crippen molar-refractivity contribution in [1.82, 2.24) is 14.1 Å². The van der Waals surface area contributed by atoms with Gasteiger partial charge in [0.05, 0.1) is 30.7 Å². The minimum Gasteiger partial charge on any atom is -0.383 e. The summed E-state index contributed by atoms with van der Waals surface area (Å²) in [5.74, 6) is 0. The Kier molecular flexibility index (Phi) is 3.83. The molecule has 0 amide bonds. The van der Waals surface area contributed by atoms with Gasteiger partial charge in [0.15, 0.2) is 0 Å². The number of para-hydroxylation sites is 1. The minimum atomic E-state index is -0.00630. The number of nitrogens with zero attached hydrogens (tertiary/aromatic N) is 3. The van der Waals surface area contributed by atoms with Gasteiger partial charge in [0.2, 0.25) is 0 Å². The lowest BCUT2D eigenvalue weighted by Crippen LogP contribution is -2.21. The Hall–Kier alpha value is -2.40. The van der Waals surface area contributed by atoms with Gasteiger partial charge in [-0.3, -0.25) is 4.79 Å². The van der Waals surface area contributed by atoms with E-state index in [0.717, 1.165) is 23.1 Å². The van der Waals surface area contributed by atoms with Crippen LogP contribution in [0.2, 0.25) is 0 Å². The topological polar surface area (TPSA) is 49.0 Å². The monoisotopic (exact) mass is 283 g/mol. The standard InChI is InChI=1S/C16H17N3O2/c1-21-9-8-18-12-17-10-14(18)11-19-15-5-3-2-4-13(15)6-7-16(19)20/h2-7,10,12H,8-9,11H2,1H3. The first kappa shape index (κ1) is 13.6. The van der Waals surface area contributed by atoms with Gasteiger partial charge in [0.25, 0.3) is 5.56 Å². The Morgan fingerprint density at radius 2 is 2.05 bits per heavy atom. The highest BCUT2D eigenvalue weighted by atomic mass is 16.5. The second-order valence-corrected chi connectivity index (χ2v) is 4.89. The molecular formula is C16H17N3O2. The Bertz CT molecular complexity index is 804. The maximum atomic E-state index is 12.2. The number of fused-ring (bicyclic) bond motifs is 1. The number of aromatic nitrogens is 3. The summed E-state index contributed by atoms with van der Waals surface area (Å²) in [5.41, 5.74) is 1.92. The number of ether oxygens (including phenoxy) is 1. The van der Waals surface area contributed by atoms with Gasteiger partial charge in [-0.25, -0.2) is 4.98 Å². The first-order chi connectivity index (χ1) is 10.3. The van der Waals surface area contributed by atoms with Crippen LogP contribution in [0.4, 0.5) is 0 Å². The molecule has 0 aliphatic carbocycles. The van der Waals surface area contributed by atoms with E-state index in [0.29, 0.717) is 13.2 Å². The molecule has 0 aliphatic heterocycles. The molecule has 0 fully saturated rings. The third kappa shape index (κ3) is 2.73.